The Morgan fingerprint density at radius 2 is 1.92 bits per heavy atom. The number of benzene rings is 2. The lowest BCUT2D eigenvalue weighted by atomic mass is 9.95. The Labute approximate surface area is 154 Å². The average Bonchev–Trinajstić information content (AvgIpc) is 2.66. The van der Waals surface area contributed by atoms with Gasteiger partial charge in [0.25, 0.3) is 0 Å². The van der Waals surface area contributed by atoms with Gasteiger partial charge >= 0.3 is 0 Å². The van der Waals surface area contributed by atoms with Crippen LogP contribution < -0.4 is 4.74 Å². The fraction of sp³-hybridized carbons (Fsp3) is 0.429. The van der Waals surface area contributed by atoms with Gasteiger partial charge in [0.05, 0.1) is 32.0 Å². The SMILES string of the molecule is COc1cc([C@H]2C[C@@H](O)C[C@@H](CCOCc3ccccc3)O2)ccc1O. The third-order valence-corrected chi connectivity index (χ3v) is 4.65. The lowest BCUT2D eigenvalue weighted by Gasteiger charge is -2.33. The van der Waals surface area contributed by atoms with Crippen molar-refractivity contribution in [1.29, 1.82) is 0 Å². The van der Waals surface area contributed by atoms with Crippen LogP contribution in [0.4, 0.5) is 0 Å². The number of phenols is 1. The van der Waals surface area contributed by atoms with Gasteiger partial charge in [0.15, 0.2) is 11.5 Å². The summed E-state index contributed by atoms with van der Waals surface area (Å²) >= 11 is 0. The highest BCUT2D eigenvalue weighted by Gasteiger charge is 2.29. The molecule has 0 aromatic heterocycles. The summed E-state index contributed by atoms with van der Waals surface area (Å²) in [5.74, 6) is 0.507. The van der Waals surface area contributed by atoms with E-state index in [0.29, 0.717) is 31.8 Å². The van der Waals surface area contributed by atoms with Crippen molar-refractivity contribution in [3.05, 3.63) is 59.7 Å². The van der Waals surface area contributed by atoms with E-state index in [0.717, 1.165) is 17.5 Å². The molecule has 2 aromatic rings. The zero-order valence-corrected chi connectivity index (χ0v) is 15.0. The average molecular weight is 358 g/mol. The summed E-state index contributed by atoms with van der Waals surface area (Å²) in [6.07, 6.45) is 1.20. The summed E-state index contributed by atoms with van der Waals surface area (Å²) in [5, 5.41) is 20.0. The summed E-state index contributed by atoms with van der Waals surface area (Å²) < 4.78 is 17.1. The summed E-state index contributed by atoms with van der Waals surface area (Å²) in [4.78, 5) is 0. The van der Waals surface area contributed by atoms with Crippen LogP contribution in [0.2, 0.25) is 0 Å². The molecule has 0 spiro atoms. The number of aliphatic hydroxyl groups is 1. The van der Waals surface area contributed by atoms with E-state index < -0.39 is 6.10 Å². The Hall–Kier alpha value is -2.08. The summed E-state index contributed by atoms with van der Waals surface area (Å²) in [7, 11) is 1.52. The molecule has 5 nitrogen and oxygen atoms in total. The van der Waals surface area contributed by atoms with Gasteiger partial charge in [0, 0.05) is 13.0 Å². The Kier molecular flexibility index (Phi) is 6.50. The fourth-order valence-electron chi connectivity index (χ4n) is 3.26. The van der Waals surface area contributed by atoms with E-state index in [-0.39, 0.29) is 18.0 Å². The van der Waals surface area contributed by atoms with Gasteiger partial charge < -0.3 is 24.4 Å². The molecule has 0 saturated carbocycles. The molecule has 5 heteroatoms. The van der Waals surface area contributed by atoms with E-state index in [4.69, 9.17) is 14.2 Å². The first kappa shape index (κ1) is 18.7. The van der Waals surface area contributed by atoms with Crippen molar-refractivity contribution >= 4 is 0 Å². The second kappa shape index (κ2) is 9.03. The molecule has 3 atom stereocenters. The molecule has 1 fully saturated rings. The maximum Gasteiger partial charge on any atom is 0.160 e. The standard InChI is InChI=1S/C21H26O5/c1-24-21-11-16(7-8-19(21)23)20-13-17(22)12-18(26-20)9-10-25-14-15-5-3-2-4-6-15/h2-8,11,17-18,20,22-23H,9-10,12-14H2,1H3/t17-,18+,20+/m0/s1. The van der Waals surface area contributed by atoms with Gasteiger partial charge in [0.1, 0.15) is 0 Å². The van der Waals surface area contributed by atoms with Crippen LogP contribution in [-0.4, -0.2) is 36.1 Å². The van der Waals surface area contributed by atoms with E-state index in [1.807, 2.05) is 36.4 Å². The molecule has 0 radical (unpaired) electrons. The molecular weight excluding hydrogens is 332 g/mol. The van der Waals surface area contributed by atoms with Gasteiger partial charge in [-0.2, -0.15) is 0 Å². The van der Waals surface area contributed by atoms with Gasteiger partial charge in [-0.05, 0) is 36.1 Å². The maximum absolute atomic E-state index is 10.2. The number of ether oxygens (including phenoxy) is 3. The highest BCUT2D eigenvalue weighted by molar-refractivity contribution is 5.42. The van der Waals surface area contributed by atoms with Crippen molar-refractivity contribution in [2.24, 2.45) is 0 Å². The second-order valence-electron chi connectivity index (χ2n) is 6.63. The first-order valence-electron chi connectivity index (χ1n) is 8.98. The highest BCUT2D eigenvalue weighted by atomic mass is 16.5. The molecule has 0 bridgehead atoms. The van der Waals surface area contributed by atoms with Crippen LogP contribution in [-0.2, 0) is 16.1 Å². The largest absolute Gasteiger partial charge is 0.504 e. The smallest absolute Gasteiger partial charge is 0.160 e. The van der Waals surface area contributed by atoms with Crippen molar-refractivity contribution in [3.8, 4) is 11.5 Å². The van der Waals surface area contributed by atoms with Crippen molar-refractivity contribution in [2.75, 3.05) is 13.7 Å². The number of hydrogen-bond donors (Lipinski definition) is 2. The zero-order valence-electron chi connectivity index (χ0n) is 15.0. The molecule has 1 aliphatic heterocycles. The van der Waals surface area contributed by atoms with Crippen LogP contribution in [0.5, 0.6) is 11.5 Å². The van der Waals surface area contributed by atoms with Crippen molar-refractivity contribution in [1.82, 2.24) is 0 Å². The predicted octanol–water partition coefficient (Wildman–Crippen LogP) is 3.59. The highest BCUT2D eigenvalue weighted by Crippen LogP contribution is 2.36. The molecule has 1 saturated heterocycles. The molecule has 1 aliphatic rings. The van der Waals surface area contributed by atoms with Gasteiger partial charge in [-0.25, -0.2) is 0 Å². The van der Waals surface area contributed by atoms with Crippen molar-refractivity contribution in [3.63, 3.8) is 0 Å². The number of methoxy groups -OCH3 is 1. The van der Waals surface area contributed by atoms with E-state index in [1.165, 1.54) is 7.11 Å². The number of hydrogen-bond acceptors (Lipinski definition) is 5. The predicted molar refractivity (Wildman–Crippen MR) is 98.2 cm³/mol. The number of rotatable bonds is 7. The first-order valence-corrected chi connectivity index (χ1v) is 8.98. The second-order valence-corrected chi connectivity index (χ2v) is 6.63. The van der Waals surface area contributed by atoms with E-state index in [2.05, 4.69) is 0 Å². The Bertz CT molecular complexity index is 688. The fourth-order valence-corrected chi connectivity index (χ4v) is 3.26. The molecule has 140 valence electrons. The van der Waals surface area contributed by atoms with Crippen LogP contribution in [0.25, 0.3) is 0 Å². The molecule has 2 N–H and O–H groups in total. The Morgan fingerprint density at radius 3 is 2.69 bits per heavy atom. The van der Waals surface area contributed by atoms with Crippen molar-refractivity contribution in [2.45, 2.75) is 44.2 Å². The van der Waals surface area contributed by atoms with E-state index >= 15 is 0 Å². The minimum atomic E-state index is -0.410. The quantitative estimate of drug-likeness (QED) is 0.741. The van der Waals surface area contributed by atoms with E-state index in [9.17, 15) is 10.2 Å². The molecule has 0 aliphatic carbocycles. The molecule has 26 heavy (non-hydrogen) atoms. The maximum atomic E-state index is 10.2. The molecule has 0 unspecified atom stereocenters. The van der Waals surface area contributed by atoms with Crippen LogP contribution in [0, 0.1) is 0 Å². The summed E-state index contributed by atoms with van der Waals surface area (Å²) in [6, 6.07) is 15.2. The van der Waals surface area contributed by atoms with Crippen molar-refractivity contribution < 1.29 is 24.4 Å². The van der Waals surface area contributed by atoms with Crippen LogP contribution in [0.15, 0.2) is 48.5 Å². The third kappa shape index (κ3) is 4.97. The van der Waals surface area contributed by atoms with Crippen LogP contribution in [0.3, 0.4) is 0 Å². The molecule has 1 heterocycles. The van der Waals surface area contributed by atoms with Gasteiger partial charge in [0.2, 0.25) is 0 Å². The first-order chi connectivity index (χ1) is 12.7. The third-order valence-electron chi connectivity index (χ3n) is 4.65. The number of aliphatic hydroxyl groups excluding tert-OH is 1. The van der Waals surface area contributed by atoms with Crippen LogP contribution in [0.1, 0.15) is 36.5 Å². The summed E-state index contributed by atoms with van der Waals surface area (Å²) in [5.41, 5.74) is 2.04. The Morgan fingerprint density at radius 1 is 1.12 bits per heavy atom. The minimum Gasteiger partial charge on any atom is -0.504 e. The molecule has 3 rings (SSSR count). The van der Waals surface area contributed by atoms with Crippen LogP contribution >= 0.6 is 0 Å². The minimum absolute atomic E-state index is 0.0562. The lowest BCUT2D eigenvalue weighted by molar-refractivity contribution is -0.107. The van der Waals surface area contributed by atoms with E-state index in [1.54, 1.807) is 12.1 Å². The number of phenolic OH excluding ortho intramolecular Hbond substituents is 1. The molecular formula is C21H26O5. The Balaban J connectivity index is 1.53. The molecule has 0 amide bonds. The normalized spacial score (nSPS) is 22.9. The number of aromatic hydroxyl groups is 1. The topological polar surface area (TPSA) is 68.2 Å². The van der Waals surface area contributed by atoms with Gasteiger partial charge in [-0.3, -0.25) is 0 Å². The monoisotopic (exact) mass is 358 g/mol. The lowest BCUT2D eigenvalue weighted by Crippen LogP contribution is -2.32. The summed E-state index contributed by atoms with van der Waals surface area (Å²) in [6.45, 7) is 1.16. The van der Waals surface area contributed by atoms with Gasteiger partial charge in [-0.15, -0.1) is 0 Å². The van der Waals surface area contributed by atoms with Gasteiger partial charge in [-0.1, -0.05) is 36.4 Å². The molecule has 2 aromatic carbocycles. The zero-order chi connectivity index (χ0) is 18.4.